The van der Waals surface area contributed by atoms with Crippen molar-refractivity contribution in [2.24, 2.45) is 40.4 Å². The van der Waals surface area contributed by atoms with Crippen LogP contribution in [0.4, 0.5) is 0 Å². The van der Waals surface area contributed by atoms with Crippen LogP contribution in [0.1, 0.15) is 103 Å². The summed E-state index contributed by atoms with van der Waals surface area (Å²) in [6.45, 7) is 4.17. The van der Waals surface area contributed by atoms with Crippen molar-refractivity contribution < 1.29 is 93.7 Å². The number of esters is 3. The number of aliphatic carboxylic acids is 2. The Morgan fingerprint density at radius 2 is 1.27 bits per heavy atom. The molecule has 19 heteroatoms. The molecule has 60 heavy (non-hydrogen) atoms. The molecule has 1 aromatic carbocycles. The van der Waals surface area contributed by atoms with Crippen LogP contribution in [0.5, 0.6) is 0 Å². The number of carbonyl (C=O) groups is 7. The molecule has 0 spiro atoms. The largest absolute Gasteiger partial charge is 0.481 e. The molecule has 0 amide bonds. The molecule has 338 valence electrons. The summed E-state index contributed by atoms with van der Waals surface area (Å²) in [4.78, 5) is 79.9. The maximum Gasteiger partial charge on any atom is 0.339 e. The summed E-state index contributed by atoms with van der Waals surface area (Å²) in [5.74, 6) is -9.53. The Kier molecular flexibility index (Phi) is 23.3. The van der Waals surface area contributed by atoms with Crippen LogP contribution in [0, 0.1) is 40.4 Å². The first-order valence-electron chi connectivity index (χ1n) is 19.6. The molecule has 0 heterocycles. The molecule has 6 atom stereocenters. The topological polar surface area (TPSA) is 329 Å². The molecular formula is C41H60O19. The van der Waals surface area contributed by atoms with E-state index >= 15 is 0 Å². The number of carboxylic acids is 4. The number of carboxylic acid groups (broad SMARTS) is 4. The standard InChI is InChI=1S/C15H18O8.C13H20O6.C13H22O5/c1-2-15(6-16,7-17)8-23-14(22)10-4-3-9(12(18)19)5-11(10)13(20)21;14-6-5-9(7-15)8-19-13(18)11-4-2-1-3-10(11)12(16)17;1-3-13(2,7-14)8-18-12(17)10-6-4-5-9(10)11(15)16/h3-5,16-17H,2,6-8H2,1H3,(H,18,19)(H,20,21);1-2,9-11,14-15H,3-8H2,(H,16,17);9-10,14H,3-8H2,1-2H3,(H,15,16). The molecule has 9 N–H and O–H groups in total. The number of hydrogen-bond acceptors (Lipinski definition) is 15. The van der Waals surface area contributed by atoms with E-state index in [2.05, 4.69) is 0 Å². The number of carbonyl (C=O) groups excluding carboxylic acids is 3. The molecule has 0 radical (unpaired) electrons. The van der Waals surface area contributed by atoms with E-state index in [1.54, 1.807) is 19.1 Å². The molecular weight excluding hydrogens is 796 g/mol. The first-order chi connectivity index (χ1) is 28.3. The highest BCUT2D eigenvalue weighted by molar-refractivity contribution is 6.04. The van der Waals surface area contributed by atoms with Gasteiger partial charge in [0.05, 0.1) is 78.8 Å². The first kappa shape index (κ1) is 53.1. The van der Waals surface area contributed by atoms with Gasteiger partial charge in [0.1, 0.15) is 6.61 Å². The highest BCUT2D eigenvalue weighted by atomic mass is 16.5. The Labute approximate surface area is 347 Å². The SMILES string of the molecule is CCC(C)(CO)COC(=O)C1CCCC1C(=O)O.CCC(CO)(CO)COC(=O)c1ccc(C(=O)O)cc1C(=O)O.O=C(O)C1CC=CCC1C(=O)OCC(CO)CCO. The molecule has 1 fully saturated rings. The summed E-state index contributed by atoms with van der Waals surface area (Å²) >= 11 is 0. The van der Waals surface area contributed by atoms with Gasteiger partial charge in [-0.05, 0) is 63.1 Å². The lowest BCUT2D eigenvalue weighted by molar-refractivity contribution is -0.159. The van der Waals surface area contributed by atoms with E-state index in [4.69, 9.17) is 44.8 Å². The van der Waals surface area contributed by atoms with E-state index in [1.807, 2.05) is 13.8 Å². The minimum absolute atomic E-state index is 0.00243. The average molecular weight is 857 g/mol. The van der Waals surface area contributed by atoms with Crippen molar-refractivity contribution in [1.82, 2.24) is 0 Å². The Bertz CT molecular complexity index is 1600. The van der Waals surface area contributed by atoms with Crippen molar-refractivity contribution in [1.29, 1.82) is 0 Å². The number of benzene rings is 1. The molecule has 3 rings (SSSR count). The number of ether oxygens (including phenoxy) is 3. The number of allylic oxidation sites excluding steroid dienone is 2. The summed E-state index contributed by atoms with van der Waals surface area (Å²) in [7, 11) is 0. The van der Waals surface area contributed by atoms with E-state index in [0.717, 1.165) is 24.6 Å². The highest BCUT2D eigenvalue weighted by Gasteiger charge is 2.40. The van der Waals surface area contributed by atoms with Gasteiger partial charge >= 0.3 is 41.8 Å². The normalized spacial score (nSPS) is 19.8. The number of hydrogen-bond donors (Lipinski definition) is 9. The monoisotopic (exact) mass is 856 g/mol. The summed E-state index contributed by atoms with van der Waals surface area (Å²) < 4.78 is 15.2. The lowest BCUT2D eigenvalue weighted by Gasteiger charge is -2.27. The van der Waals surface area contributed by atoms with E-state index in [0.29, 0.717) is 44.9 Å². The van der Waals surface area contributed by atoms with Crippen molar-refractivity contribution in [2.75, 3.05) is 52.9 Å². The van der Waals surface area contributed by atoms with Gasteiger partial charge < -0.3 is 60.2 Å². The quantitative estimate of drug-likeness (QED) is 0.0486. The Balaban J connectivity index is 0.000000454. The average Bonchev–Trinajstić information content (AvgIpc) is 3.76. The van der Waals surface area contributed by atoms with Gasteiger partial charge in [-0.2, -0.15) is 0 Å². The fourth-order valence-electron chi connectivity index (χ4n) is 6.01. The summed E-state index contributed by atoms with van der Waals surface area (Å²) in [6, 6.07) is 3.02. The van der Waals surface area contributed by atoms with Crippen molar-refractivity contribution in [3.05, 3.63) is 47.0 Å². The Morgan fingerprint density at radius 3 is 1.75 bits per heavy atom. The highest BCUT2D eigenvalue weighted by Crippen LogP contribution is 2.34. The molecule has 2 aliphatic rings. The zero-order valence-electron chi connectivity index (χ0n) is 34.2. The number of aromatic carboxylic acids is 2. The second kappa shape index (κ2) is 26.3. The van der Waals surface area contributed by atoms with Gasteiger partial charge in [0.15, 0.2) is 0 Å². The van der Waals surface area contributed by atoms with Crippen LogP contribution in [0.2, 0.25) is 0 Å². The summed E-state index contributed by atoms with van der Waals surface area (Å²) in [5, 5.41) is 81.6. The van der Waals surface area contributed by atoms with Crippen molar-refractivity contribution >= 4 is 41.8 Å². The third kappa shape index (κ3) is 16.2. The molecule has 0 aromatic heterocycles. The zero-order chi connectivity index (χ0) is 45.6. The first-order valence-corrected chi connectivity index (χ1v) is 19.6. The summed E-state index contributed by atoms with van der Waals surface area (Å²) in [6.07, 6.45) is 7.49. The van der Waals surface area contributed by atoms with Gasteiger partial charge in [-0.3, -0.25) is 19.2 Å². The molecule has 0 aliphatic heterocycles. The van der Waals surface area contributed by atoms with E-state index < -0.39 is 95.1 Å². The Morgan fingerprint density at radius 1 is 0.683 bits per heavy atom. The molecule has 1 aromatic rings. The van der Waals surface area contributed by atoms with Crippen LogP contribution in [0.3, 0.4) is 0 Å². The number of aliphatic hydroxyl groups is 5. The van der Waals surface area contributed by atoms with Crippen LogP contribution in [-0.4, -0.2) is 141 Å². The Hall–Kier alpha value is -4.95. The van der Waals surface area contributed by atoms with Crippen molar-refractivity contribution in [3.63, 3.8) is 0 Å². The molecule has 2 aliphatic carbocycles. The van der Waals surface area contributed by atoms with E-state index in [9.17, 15) is 48.9 Å². The van der Waals surface area contributed by atoms with Crippen LogP contribution < -0.4 is 0 Å². The third-order valence-corrected chi connectivity index (χ3v) is 10.9. The van der Waals surface area contributed by atoms with Gasteiger partial charge in [-0.1, -0.05) is 39.3 Å². The number of rotatable bonds is 21. The predicted molar refractivity (Wildman–Crippen MR) is 209 cm³/mol. The maximum atomic E-state index is 12.0. The molecule has 19 nitrogen and oxygen atoms in total. The second-order valence-corrected chi connectivity index (χ2v) is 15.2. The van der Waals surface area contributed by atoms with Gasteiger partial charge in [-0.25, -0.2) is 14.4 Å². The van der Waals surface area contributed by atoms with Gasteiger partial charge in [0.2, 0.25) is 0 Å². The fourth-order valence-corrected chi connectivity index (χ4v) is 6.01. The lowest BCUT2D eigenvalue weighted by Crippen LogP contribution is -2.35. The summed E-state index contributed by atoms with van der Waals surface area (Å²) in [5.41, 5.74) is -2.52. The van der Waals surface area contributed by atoms with Gasteiger partial charge in [0.25, 0.3) is 0 Å². The maximum absolute atomic E-state index is 12.0. The van der Waals surface area contributed by atoms with Gasteiger partial charge in [0, 0.05) is 24.5 Å². The van der Waals surface area contributed by atoms with Crippen LogP contribution >= 0.6 is 0 Å². The fraction of sp³-hybridized carbons (Fsp3) is 0.634. The number of aliphatic hydroxyl groups excluding tert-OH is 5. The smallest absolute Gasteiger partial charge is 0.339 e. The molecule has 0 bridgehead atoms. The lowest BCUT2D eigenvalue weighted by atomic mass is 9.83. The molecule has 1 saturated carbocycles. The zero-order valence-corrected chi connectivity index (χ0v) is 34.2. The van der Waals surface area contributed by atoms with Crippen molar-refractivity contribution in [2.45, 2.75) is 72.1 Å². The second-order valence-electron chi connectivity index (χ2n) is 15.2. The van der Waals surface area contributed by atoms with Crippen LogP contribution in [0.15, 0.2) is 30.4 Å². The minimum atomic E-state index is -1.47. The van der Waals surface area contributed by atoms with Gasteiger partial charge in [-0.15, -0.1) is 0 Å². The van der Waals surface area contributed by atoms with Crippen molar-refractivity contribution in [3.8, 4) is 0 Å². The van der Waals surface area contributed by atoms with Crippen LogP contribution in [0.25, 0.3) is 0 Å². The van der Waals surface area contributed by atoms with E-state index in [-0.39, 0.29) is 56.7 Å². The molecule has 6 unspecified atom stereocenters. The molecule has 0 saturated heterocycles. The minimum Gasteiger partial charge on any atom is -0.481 e. The predicted octanol–water partition coefficient (Wildman–Crippen LogP) is 2.25. The van der Waals surface area contributed by atoms with Crippen LogP contribution in [-0.2, 0) is 33.4 Å². The van der Waals surface area contributed by atoms with E-state index in [1.165, 1.54) is 0 Å². The third-order valence-electron chi connectivity index (χ3n) is 10.9.